The molecule has 0 heterocycles. The van der Waals surface area contributed by atoms with E-state index in [-0.39, 0.29) is 22.9 Å². The van der Waals surface area contributed by atoms with E-state index in [9.17, 15) is 16.8 Å². The molecule has 1 aromatic rings. The summed E-state index contributed by atoms with van der Waals surface area (Å²) in [5, 5.41) is 8.74. The lowest BCUT2D eigenvalue weighted by molar-refractivity contribution is 0.266. The highest BCUT2D eigenvalue weighted by molar-refractivity contribution is 7.89. The summed E-state index contributed by atoms with van der Waals surface area (Å²) in [4.78, 5) is -0.0442. The average molecular weight is 308 g/mol. The third-order valence-corrected chi connectivity index (χ3v) is 5.83. The molecule has 7 nitrogen and oxygen atoms in total. The van der Waals surface area contributed by atoms with Crippen molar-refractivity contribution in [2.75, 3.05) is 27.2 Å². The van der Waals surface area contributed by atoms with Crippen molar-refractivity contribution in [3.05, 3.63) is 24.3 Å². The van der Waals surface area contributed by atoms with Crippen LogP contribution in [0.4, 0.5) is 0 Å². The Hall–Kier alpha value is -1.00. The monoisotopic (exact) mass is 308 g/mol. The number of likely N-dealkylation sites (N-methyl/N-ethyl adjacent to an activating group) is 1. The van der Waals surface area contributed by atoms with Crippen LogP contribution in [0.3, 0.4) is 0 Å². The van der Waals surface area contributed by atoms with Crippen LogP contribution in [0.5, 0.6) is 0 Å². The number of rotatable bonds is 6. The molecule has 2 N–H and O–H groups in total. The third kappa shape index (κ3) is 3.51. The second kappa shape index (κ2) is 5.97. The number of hydrogen-bond donors (Lipinski definition) is 2. The lowest BCUT2D eigenvalue weighted by Gasteiger charge is -2.15. The summed E-state index contributed by atoms with van der Waals surface area (Å²) in [6, 6.07) is 4.86. The van der Waals surface area contributed by atoms with E-state index in [0.29, 0.717) is 0 Å². The molecule has 0 atom stereocenters. The highest BCUT2D eigenvalue weighted by atomic mass is 32.2. The summed E-state index contributed by atoms with van der Waals surface area (Å²) in [6.07, 6.45) is 0. The number of aliphatic hydroxyl groups is 1. The van der Waals surface area contributed by atoms with Crippen LogP contribution < -0.4 is 4.72 Å². The molecule has 0 saturated heterocycles. The Morgan fingerprint density at radius 1 is 1.11 bits per heavy atom. The second-order valence-electron chi connectivity index (χ2n) is 3.73. The fourth-order valence-corrected chi connectivity index (χ4v) is 3.24. The Balaban J connectivity index is 3.13. The molecule has 1 rings (SSSR count). The minimum atomic E-state index is -3.71. The van der Waals surface area contributed by atoms with Crippen LogP contribution in [0, 0.1) is 0 Å². The van der Waals surface area contributed by atoms with Gasteiger partial charge in [-0.1, -0.05) is 0 Å². The van der Waals surface area contributed by atoms with Gasteiger partial charge in [-0.15, -0.1) is 0 Å². The fraction of sp³-hybridized carbons (Fsp3) is 0.400. The van der Waals surface area contributed by atoms with Crippen LogP contribution in [0.2, 0.25) is 0 Å². The summed E-state index contributed by atoms with van der Waals surface area (Å²) >= 11 is 0. The number of nitrogens with one attached hydrogen (secondary N) is 1. The van der Waals surface area contributed by atoms with Gasteiger partial charge < -0.3 is 5.11 Å². The van der Waals surface area contributed by atoms with Gasteiger partial charge in [-0.3, -0.25) is 0 Å². The lowest BCUT2D eigenvalue weighted by atomic mass is 10.4. The first-order valence-electron chi connectivity index (χ1n) is 5.36. The van der Waals surface area contributed by atoms with E-state index in [2.05, 4.69) is 4.72 Å². The molecule has 0 unspecified atom stereocenters. The van der Waals surface area contributed by atoms with Crippen molar-refractivity contribution in [1.82, 2.24) is 9.03 Å². The third-order valence-electron chi connectivity index (χ3n) is 2.53. The van der Waals surface area contributed by atoms with E-state index < -0.39 is 20.0 Å². The molecule has 0 saturated carbocycles. The highest BCUT2D eigenvalue weighted by Gasteiger charge is 2.21. The Bertz CT molecular complexity index is 622. The Labute approximate surface area is 113 Å². The summed E-state index contributed by atoms with van der Waals surface area (Å²) < 4.78 is 50.1. The largest absolute Gasteiger partial charge is 0.395 e. The van der Waals surface area contributed by atoms with Gasteiger partial charge in [0.2, 0.25) is 20.0 Å². The number of nitrogens with zero attached hydrogens (tertiary/aromatic N) is 1. The number of hydrogen-bond acceptors (Lipinski definition) is 5. The lowest BCUT2D eigenvalue weighted by Crippen LogP contribution is -2.29. The van der Waals surface area contributed by atoms with Gasteiger partial charge in [0.1, 0.15) is 0 Å². The fourth-order valence-electron chi connectivity index (χ4n) is 1.35. The molecule has 0 radical (unpaired) electrons. The van der Waals surface area contributed by atoms with Crippen molar-refractivity contribution in [3.63, 3.8) is 0 Å². The maximum atomic E-state index is 12.0. The molecule has 9 heteroatoms. The maximum absolute atomic E-state index is 12.0. The van der Waals surface area contributed by atoms with E-state index in [4.69, 9.17) is 5.11 Å². The van der Waals surface area contributed by atoms with Crippen molar-refractivity contribution in [2.45, 2.75) is 9.79 Å². The van der Waals surface area contributed by atoms with Crippen LogP contribution in [0.1, 0.15) is 0 Å². The van der Waals surface area contributed by atoms with Crippen LogP contribution >= 0.6 is 0 Å². The molecule has 0 bridgehead atoms. The van der Waals surface area contributed by atoms with E-state index in [1.807, 2.05) is 0 Å². The topological polar surface area (TPSA) is 104 Å². The molecule has 0 fully saturated rings. The van der Waals surface area contributed by atoms with Gasteiger partial charge in [-0.05, 0) is 31.3 Å². The van der Waals surface area contributed by atoms with Crippen LogP contribution in [-0.4, -0.2) is 53.5 Å². The van der Waals surface area contributed by atoms with Crippen LogP contribution in [0.25, 0.3) is 0 Å². The SMILES string of the molecule is CNS(=O)(=O)c1ccc(S(=O)(=O)N(C)CCO)cc1. The first-order chi connectivity index (χ1) is 8.75. The second-order valence-corrected chi connectivity index (χ2v) is 7.66. The van der Waals surface area contributed by atoms with Gasteiger partial charge in [-0.2, -0.15) is 4.31 Å². The van der Waals surface area contributed by atoms with E-state index in [1.165, 1.54) is 38.4 Å². The Morgan fingerprint density at radius 3 is 2.00 bits per heavy atom. The standard InChI is InChI=1S/C10H16N2O5S2/c1-11-18(14,15)9-3-5-10(6-4-9)19(16,17)12(2)7-8-13/h3-6,11,13H,7-8H2,1-2H3. The highest BCUT2D eigenvalue weighted by Crippen LogP contribution is 2.17. The number of sulfonamides is 2. The molecular formula is C10H16N2O5S2. The molecule has 0 aliphatic heterocycles. The molecule has 0 aliphatic carbocycles. The van der Waals surface area contributed by atoms with Crippen molar-refractivity contribution >= 4 is 20.0 Å². The smallest absolute Gasteiger partial charge is 0.242 e. The van der Waals surface area contributed by atoms with Gasteiger partial charge >= 0.3 is 0 Å². The minimum absolute atomic E-state index is 0.0150. The van der Waals surface area contributed by atoms with Crippen LogP contribution in [0.15, 0.2) is 34.1 Å². The Kier molecular flexibility index (Phi) is 5.04. The zero-order chi connectivity index (χ0) is 14.7. The van der Waals surface area contributed by atoms with Gasteiger partial charge in [0.05, 0.1) is 16.4 Å². The Morgan fingerprint density at radius 2 is 1.58 bits per heavy atom. The maximum Gasteiger partial charge on any atom is 0.242 e. The zero-order valence-corrected chi connectivity index (χ0v) is 12.2. The summed E-state index contributed by atoms with van der Waals surface area (Å²) in [7, 11) is -4.69. The summed E-state index contributed by atoms with van der Waals surface area (Å²) in [5.41, 5.74) is 0. The van der Waals surface area contributed by atoms with Gasteiger partial charge in [-0.25, -0.2) is 21.6 Å². The quantitative estimate of drug-likeness (QED) is 0.716. The summed E-state index contributed by atoms with van der Waals surface area (Å²) in [6.45, 7) is -0.319. The molecular weight excluding hydrogens is 292 g/mol. The van der Waals surface area contributed by atoms with E-state index >= 15 is 0 Å². The van der Waals surface area contributed by atoms with Gasteiger partial charge in [0.25, 0.3) is 0 Å². The minimum Gasteiger partial charge on any atom is -0.395 e. The van der Waals surface area contributed by atoms with Crippen molar-refractivity contribution in [1.29, 1.82) is 0 Å². The van der Waals surface area contributed by atoms with Gasteiger partial charge in [0, 0.05) is 13.6 Å². The first-order valence-corrected chi connectivity index (χ1v) is 8.29. The summed E-state index contributed by atoms with van der Waals surface area (Å²) in [5.74, 6) is 0. The van der Waals surface area contributed by atoms with E-state index in [1.54, 1.807) is 0 Å². The van der Waals surface area contributed by atoms with E-state index in [0.717, 1.165) is 4.31 Å². The average Bonchev–Trinajstić information content (AvgIpc) is 2.39. The van der Waals surface area contributed by atoms with Crippen LogP contribution in [-0.2, 0) is 20.0 Å². The molecule has 19 heavy (non-hydrogen) atoms. The zero-order valence-electron chi connectivity index (χ0n) is 10.6. The molecule has 1 aromatic carbocycles. The normalized spacial score (nSPS) is 12.8. The molecule has 0 aromatic heterocycles. The number of benzene rings is 1. The molecule has 108 valence electrons. The predicted octanol–water partition coefficient (Wildman–Crippen LogP) is -0.792. The van der Waals surface area contributed by atoms with Crippen molar-refractivity contribution in [2.24, 2.45) is 0 Å². The molecule has 0 aliphatic rings. The van der Waals surface area contributed by atoms with Crippen molar-refractivity contribution < 1.29 is 21.9 Å². The predicted molar refractivity (Wildman–Crippen MR) is 69.6 cm³/mol. The molecule has 0 spiro atoms. The van der Waals surface area contributed by atoms with Gasteiger partial charge in [0.15, 0.2) is 0 Å². The molecule has 0 amide bonds. The number of aliphatic hydroxyl groups excluding tert-OH is 1. The first kappa shape index (κ1) is 16.1. The van der Waals surface area contributed by atoms with Crippen molar-refractivity contribution in [3.8, 4) is 0 Å².